The van der Waals surface area contributed by atoms with E-state index in [1.807, 2.05) is 45.9 Å². The fourth-order valence-electron chi connectivity index (χ4n) is 3.13. The molecule has 1 N–H and O–H groups in total. The van der Waals surface area contributed by atoms with Gasteiger partial charge < -0.3 is 15.0 Å². The summed E-state index contributed by atoms with van der Waals surface area (Å²) in [5.41, 5.74) is 1.82. The van der Waals surface area contributed by atoms with Crippen LogP contribution in [0.3, 0.4) is 0 Å². The van der Waals surface area contributed by atoms with E-state index in [4.69, 9.17) is 27.9 Å². The molecule has 0 spiro atoms. The number of aryl methyl sites for hydroxylation is 1. The van der Waals surface area contributed by atoms with Gasteiger partial charge in [-0.3, -0.25) is 9.59 Å². The Balaban J connectivity index is 2.24. The number of nitrogens with zero attached hydrogens (tertiary/aromatic N) is 1. The summed E-state index contributed by atoms with van der Waals surface area (Å²) in [5, 5.41) is 3.82. The second kappa shape index (κ2) is 12.0. The van der Waals surface area contributed by atoms with E-state index in [-0.39, 0.29) is 31.0 Å². The molecule has 2 amide bonds. The van der Waals surface area contributed by atoms with Crippen LogP contribution in [0.1, 0.15) is 44.7 Å². The lowest BCUT2D eigenvalue weighted by Crippen LogP contribution is -2.51. The van der Waals surface area contributed by atoms with Crippen LogP contribution in [0, 0.1) is 6.92 Å². The van der Waals surface area contributed by atoms with Crippen molar-refractivity contribution in [3.8, 4) is 5.75 Å². The summed E-state index contributed by atoms with van der Waals surface area (Å²) in [4.78, 5) is 27.7. The van der Waals surface area contributed by atoms with Gasteiger partial charge in [-0.15, -0.1) is 0 Å². The molecule has 0 unspecified atom stereocenters. The second-order valence-electron chi connectivity index (χ2n) is 7.62. The van der Waals surface area contributed by atoms with Crippen molar-refractivity contribution < 1.29 is 14.3 Å². The third-order valence-corrected chi connectivity index (χ3v) is 5.81. The van der Waals surface area contributed by atoms with Crippen molar-refractivity contribution in [1.29, 1.82) is 0 Å². The Morgan fingerprint density at radius 1 is 1.06 bits per heavy atom. The lowest BCUT2D eigenvalue weighted by atomic mass is 10.1. The zero-order valence-electron chi connectivity index (χ0n) is 18.5. The molecule has 7 heteroatoms. The van der Waals surface area contributed by atoms with Crippen molar-refractivity contribution in [1.82, 2.24) is 10.2 Å². The van der Waals surface area contributed by atoms with Crippen LogP contribution in [0.25, 0.3) is 0 Å². The molecule has 2 aromatic carbocycles. The largest absolute Gasteiger partial charge is 0.484 e. The molecule has 0 aromatic heterocycles. The number of nitrogens with one attached hydrogen (secondary N) is 1. The number of hydrogen-bond acceptors (Lipinski definition) is 3. The van der Waals surface area contributed by atoms with Crippen molar-refractivity contribution >= 4 is 35.0 Å². The SMILES string of the molecule is CC[C@@H](C)NC(=O)[C@@H](CC)N(Cc1ccc(Cl)c(Cl)c1)C(=O)COc1cccc(C)c1. The topological polar surface area (TPSA) is 58.6 Å². The molecule has 0 saturated heterocycles. The molecule has 0 aliphatic rings. The number of hydrogen-bond donors (Lipinski definition) is 1. The molecule has 2 atom stereocenters. The standard InChI is InChI=1S/C24H30Cl2N2O3/c1-5-17(4)27-24(30)22(6-2)28(14-18-10-11-20(25)21(26)13-18)23(29)15-31-19-9-7-8-16(3)12-19/h7-13,17,22H,5-6,14-15H2,1-4H3,(H,27,30)/t17-,22-/m1/s1. The predicted molar refractivity (Wildman–Crippen MR) is 126 cm³/mol. The molecule has 2 rings (SSSR count). The third-order valence-electron chi connectivity index (χ3n) is 5.08. The number of rotatable bonds is 10. The summed E-state index contributed by atoms with van der Waals surface area (Å²) in [5.74, 6) is 0.152. The molecule has 0 aliphatic heterocycles. The van der Waals surface area contributed by atoms with E-state index in [2.05, 4.69) is 5.32 Å². The molecule has 0 heterocycles. The minimum atomic E-state index is -0.628. The van der Waals surface area contributed by atoms with Crippen LogP contribution in [0.5, 0.6) is 5.75 Å². The summed E-state index contributed by atoms with van der Waals surface area (Å²) in [6, 6.07) is 12.1. The number of carbonyl (C=O) groups is 2. The van der Waals surface area contributed by atoms with Gasteiger partial charge in [-0.1, -0.05) is 55.2 Å². The molecular weight excluding hydrogens is 435 g/mol. The van der Waals surface area contributed by atoms with Gasteiger partial charge in [-0.25, -0.2) is 0 Å². The Bertz CT molecular complexity index is 904. The van der Waals surface area contributed by atoms with E-state index in [1.54, 1.807) is 29.2 Å². The first-order valence-electron chi connectivity index (χ1n) is 10.5. The van der Waals surface area contributed by atoms with E-state index in [0.717, 1.165) is 17.5 Å². The molecule has 168 valence electrons. The zero-order chi connectivity index (χ0) is 23.0. The molecule has 0 fully saturated rings. The summed E-state index contributed by atoms with van der Waals surface area (Å²) >= 11 is 12.2. The molecular formula is C24H30Cl2N2O3. The van der Waals surface area contributed by atoms with Gasteiger partial charge in [-0.2, -0.15) is 0 Å². The minimum Gasteiger partial charge on any atom is -0.484 e. The van der Waals surface area contributed by atoms with Gasteiger partial charge in [0.25, 0.3) is 5.91 Å². The van der Waals surface area contributed by atoms with Crippen molar-refractivity contribution in [2.75, 3.05) is 6.61 Å². The van der Waals surface area contributed by atoms with Gasteiger partial charge in [-0.05, 0) is 62.1 Å². The maximum absolute atomic E-state index is 13.2. The number of ether oxygens (including phenoxy) is 1. The average Bonchev–Trinajstić information content (AvgIpc) is 2.74. The summed E-state index contributed by atoms with van der Waals surface area (Å²) in [6.45, 7) is 7.84. The van der Waals surface area contributed by atoms with Gasteiger partial charge >= 0.3 is 0 Å². The molecule has 31 heavy (non-hydrogen) atoms. The molecule has 0 bridgehead atoms. The van der Waals surface area contributed by atoms with Crippen molar-refractivity contribution in [2.45, 2.75) is 59.2 Å². The van der Waals surface area contributed by atoms with E-state index >= 15 is 0 Å². The monoisotopic (exact) mass is 464 g/mol. The lowest BCUT2D eigenvalue weighted by Gasteiger charge is -2.31. The lowest BCUT2D eigenvalue weighted by molar-refractivity contribution is -0.143. The molecule has 0 aliphatic carbocycles. The number of amides is 2. The summed E-state index contributed by atoms with van der Waals surface area (Å²) in [6.07, 6.45) is 1.28. The summed E-state index contributed by atoms with van der Waals surface area (Å²) in [7, 11) is 0. The maximum Gasteiger partial charge on any atom is 0.261 e. The quantitative estimate of drug-likeness (QED) is 0.511. The number of halogens is 2. The third kappa shape index (κ3) is 7.44. The summed E-state index contributed by atoms with van der Waals surface area (Å²) < 4.78 is 5.72. The fourth-order valence-corrected chi connectivity index (χ4v) is 3.45. The Morgan fingerprint density at radius 2 is 1.81 bits per heavy atom. The molecule has 2 aromatic rings. The van der Waals surface area contributed by atoms with Crippen molar-refractivity contribution in [3.05, 3.63) is 63.6 Å². The average molecular weight is 465 g/mol. The van der Waals surface area contributed by atoms with Crippen LogP contribution >= 0.6 is 23.2 Å². The van der Waals surface area contributed by atoms with Crippen LogP contribution in [0.15, 0.2) is 42.5 Å². The van der Waals surface area contributed by atoms with E-state index in [1.165, 1.54) is 0 Å². The normalized spacial score (nSPS) is 12.7. The highest BCUT2D eigenvalue weighted by atomic mass is 35.5. The first-order chi connectivity index (χ1) is 14.7. The predicted octanol–water partition coefficient (Wildman–Crippen LogP) is 5.40. The molecule has 0 saturated carbocycles. The van der Waals surface area contributed by atoms with Gasteiger partial charge in [0.2, 0.25) is 5.91 Å². The second-order valence-corrected chi connectivity index (χ2v) is 8.43. The van der Waals surface area contributed by atoms with Gasteiger partial charge in [0.05, 0.1) is 10.0 Å². The smallest absolute Gasteiger partial charge is 0.261 e. The zero-order valence-corrected chi connectivity index (χ0v) is 20.0. The highest BCUT2D eigenvalue weighted by Crippen LogP contribution is 2.24. The molecule has 5 nitrogen and oxygen atoms in total. The Morgan fingerprint density at radius 3 is 2.42 bits per heavy atom. The van der Waals surface area contributed by atoms with Crippen LogP contribution < -0.4 is 10.1 Å². The Kier molecular flexibility index (Phi) is 9.66. The number of benzene rings is 2. The number of carbonyl (C=O) groups excluding carboxylic acids is 2. The van der Waals surface area contributed by atoms with E-state index in [0.29, 0.717) is 22.2 Å². The highest BCUT2D eigenvalue weighted by Gasteiger charge is 2.29. The highest BCUT2D eigenvalue weighted by molar-refractivity contribution is 6.42. The van der Waals surface area contributed by atoms with Gasteiger partial charge in [0.1, 0.15) is 11.8 Å². The first kappa shape index (κ1) is 25.0. The van der Waals surface area contributed by atoms with E-state index < -0.39 is 6.04 Å². The van der Waals surface area contributed by atoms with Gasteiger partial charge in [0.15, 0.2) is 6.61 Å². The first-order valence-corrected chi connectivity index (χ1v) is 11.2. The fraction of sp³-hybridized carbons (Fsp3) is 0.417. The Labute approximate surface area is 194 Å². The Hall–Kier alpha value is -2.24. The maximum atomic E-state index is 13.2. The van der Waals surface area contributed by atoms with Crippen molar-refractivity contribution in [3.63, 3.8) is 0 Å². The minimum absolute atomic E-state index is 0.0204. The van der Waals surface area contributed by atoms with Crippen LogP contribution in [0.4, 0.5) is 0 Å². The van der Waals surface area contributed by atoms with E-state index in [9.17, 15) is 9.59 Å². The van der Waals surface area contributed by atoms with Crippen LogP contribution in [-0.4, -0.2) is 35.4 Å². The van der Waals surface area contributed by atoms with Crippen LogP contribution in [-0.2, 0) is 16.1 Å². The van der Waals surface area contributed by atoms with Crippen LogP contribution in [0.2, 0.25) is 10.0 Å². The van der Waals surface area contributed by atoms with Gasteiger partial charge in [0, 0.05) is 12.6 Å². The molecule has 0 radical (unpaired) electrons. The van der Waals surface area contributed by atoms with Crippen molar-refractivity contribution in [2.24, 2.45) is 0 Å².